The van der Waals surface area contributed by atoms with Gasteiger partial charge in [-0.05, 0) is 49.2 Å². The first kappa shape index (κ1) is 22.3. The number of pyridine rings is 1. The van der Waals surface area contributed by atoms with Crippen LogP contribution in [0, 0.1) is 5.82 Å². The number of fused-ring (bicyclic) bond motifs is 1. The molecule has 162 valence electrons. The van der Waals surface area contributed by atoms with Crippen molar-refractivity contribution in [1.82, 2.24) is 10.3 Å². The average molecular weight is 423 g/mol. The van der Waals surface area contributed by atoms with Crippen LogP contribution < -0.4 is 22.1 Å². The summed E-state index contributed by atoms with van der Waals surface area (Å²) in [6.45, 7) is 0.426. The Morgan fingerprint density at radius 1 is 1.06 bits per heavy atom. The number of rotatable bonds is 9. The second-order valence-electron chi connectivity index (χ2n) is 7.34. The van der Waals surface area contributed by atoms with Crippen LogP contribution in [0.5, 0.6) is 0 Å². The number of carbonyl (C=O) groups is 2. The minimum atomic E-state index is -0.895. The number of anilines is 1. The van der Waals surface area contributed by atoms with Crippen LogP contribution in [0.3, 0.4) is 0 Å². The van der Waals surface area contributed by atoms with Gasteiger partial charge in [0.15, 0.2) is 0 Å². The standard InChI is InChI=1S/C23H26FN5O2/c24-17-9-7-15(8-10-17)12-21(29-22(30)19(26)5-3-11-25)23(31)28-18-13-16-4-1-2-6-20(16)27-14-18/h1-2,4,6-10,13-14,19,21H,3,5,11-12,25-26H2,(H,28,31)(H,29,30)/t19-,21+/m0/s1. The Morgan fingerprint density at radius 3 is 2.55 bits per heavy atom. The first-order valence-electron chi connectivity index (χ1n) is 10.1. The van der Waals surface area contributed by atoms with Crippen molar-refractivity contribution in [3.05, 3.63) is 72.2 Å². The second-order valence-corrected chi connectivity index (χ2v) is 7.34. The fourth-order valence-electron chi connectivity index (χ4n) is 3.18. The summed E-state index contributed by atoms with van der Waals surface area (Å²) >= 11 is 0. The Morgan fingerprint density at radius 2 is 1.81 bits per heavy atom. The van der Waals surface area contributed by atoms with Gasteiger partial charge in [-0.2, -0.15) is 0 Å². The number of aromatic nitrogens is 1. The van der Waals surface area contributed by atoms with E-state index in [1.54, 1.807) is 18.3 Å². The SMILES string of the molecule is NCCC[C@H](N)C(=O)N[C@H](Cc1ccc(F)cc1)C(=O)Nc1cnc2ccccc2c1. The molecule has 3 aromatic rings. The molecule has 0 saturated heterocycles. The van der Waals surface area contributed by atoms with Crippen LogP contribution in [0.4, 0.5) is 10.1 Å². The maximum Gasteiger partial charge on any atom is 0.247 e. The molecule has 1 aromatic heterocycles. The van der Waals surface area contributed by atoms with Crippen molar-refractivity contribution in [3.8, 4) is 0 Å². The third kappa shape index (κ3) is 6.31. The predicted molar refractivity (Wildman–Crippen MR) is 119 cm³/mol. The third-order valence-electron chi connectivity index (χ3n) is 4.90. The van der Waals surface area contributed by atoms with Gasteiger partial charge in [0.25, 0.3) is 0 Å². The highest BCUT2D eigenvalue weighted by molar-refractivity contribution is 5.99. The highest BCUT2D eigenvalue weighted by Gasteiger charge is 2.24. The van der Waals surface area contributed by atoms with E-state index in [4.69, 9.17) is 11.5 Å². The van der Waals surface area contributed by atoms with Gasteiger partial charge < -0.3 is 22.1 Å². The lowest BCUT2D eigenvalue weighted by atomic mass is 10.0. The van der Waals surface area contributed by atoms with Gasteiger partial charge in [0.05, 0.1) is 23.4 Å². The molecule has 0 bridgehead atoms. The minimum absolute atomic E-state index is 0.183. The molecule has 2 atom stereocenters. The number of amides is 2. The number of hydrogen-bond acceptors (Lipinski definition) is 5. The Kier molecular flexibility index (Phi) is 7.64. The van der Waals surface area contributed by atoms with Gasteiger partial charge in [-0.25, -0.2) is 4.39 Å². The Balaban J connectivity index is 1.76. The van der Waals surface area contributed by atoms with Crippen molar-refractivity contribution in [2.75, 3.05) is 11.9 Å². The molecule has 0 aliphatic carbocycles. The lowest BCUT2D eigenvalue weighted by Crippen LogP contribution is -2.51. The number of para-hydroxylation sites is 1. The summed E-state index contributed by atoms with van der Waals surface area (Å²) < 4.78 is 13.2. The quantitative estimate of drug-likeness (QED) is 0.420. The largest absolute Gasteiger partial charge is 0.343 e. The van der Waals surface area contributed by atoms with Crippen LogP contribution >= 0.6 is 0 Å². The molecule has 0 saturated carbocycles. The molecule has 0 fully saturated rings. The fourth-order valence-corrected chi connectivity index (χ4v) is 3.18. The van der Waals surface area contributed by atoms with Crippen molar-refractivity contribution in [1.29, 1.82) is 0 Å². The molecule has 6 N–H and O–H groups in total. The maximum absolute atomic E-state index is 13.2. The number of benzene rings is 2. The molecule has 0 radical (unpaired) electrons. The molecule has 1 heterocycles. The topological polar surface area (TPSA) is 123 Å². The lowest BCUT2D eigenvalue weighted by Gasteiger charge is -2.21. The molecular weight excluding hydrogens is 397 g/mol. The van der Waals surface area contributed by atoms with E-state index in [0.717, 1.165) is 10.9 Å². The van der Waals surface area contributed by atoms with Crippen molar-refractivity contribution in [2.45, 2.75) is 31.3 Å². The van der Waals surface area contributed by atoms with Crippen LogP contribution in [0.2, 0.25) is 0 Å². The van der Waals surface area contributed by atoms with Crippen LogP contribution in [-0.4, -0.2) is 35.4 Å². The molecule has 3 rings (SSSR count). The molecule has 8 heteroatoms. The van der Waals surface area contributed by atoms with Gasteiger partial charge in [0, 0.05) is 11.8 Å². The molecular formula is C23H26FN5O2. The van der Waals surface area contributed by atoms with Gasteiger partial charge in [-0.1, -0.05) is 30.3 Å². The fraction of sp³-hybridized carbons (Fsp3) is 0.261. The van der Waals surface area contributed by atoms with E-state index >= 15 is 0 Å². The van der Waals surface area contributed by atoms with E-state index in [-0.39, 0.29) is 12.2 Å². The van der Waals surface area contributed by atoms with E-state index in [9.17, 15) is 14.0 Å². The highest BCUT2D eigenvalue weighted by atomic mass is 19.1. The molecule has 2 aromatic carbocycles. The van der Waals surface area contributed by atoms with E-state index in [0.29, 0.717) is 30.6 Å². The summed E-state index contributed by atoms with van der Waals surface area (Å²) in [4.78, 5) is 29.8. The number of carbonyl (C=O) groups excluding carboxylic acids is 2. The van der Waals surface area contributed by atoms with Crippen molar-refractivity contribution in [2.24, 2.45) is 11.5 Å². The van der Waals surface area contributed by atoms with E-state index in [1.165, 1.54) is 12.1 Å². The summed E-state index contributed by atoms with van der Waals surface area (Å²) in [5, 5.41) is 6.40. The monoisotopic (exact) mass is 423 g/mol. The van der Waals surface area contributed by atoms with Crippen LogP contribution in [-0.2, 0) is 16.0 Å². The summed E-state index contributed by atoms with van der Waals surface area (Å²) in [6.07, 6.45) is 2.76. The Bertz CT molecular complexity index is 1040. The summed E-state index contributed by atoms with van der Waals surface area (Å²) in [5.41, 5.74) is 13.4. The summed E-state index contributed by atoms with van der Waals surface area (Å²) in [7, 11) is 0. The Labute approximate surface area is 180 Å². The minimum Gasteiger partial charge on any atom is -0.343 e. The smallest absolute Gasteiger partial charge is 0.247 e. The predicted octanol–water partition coefficient (Wildman–Crippen LogP) is 2.11. The van der Waals surface area contributed by atoms with Gasteiger partial charge in [-0.15, -0.1) is 0 Å². The number of nitrogens with two attached hydrogens (primary N) is 2. The zero-order valence-electron chi connectivity index (χ0n) is 17.1. The van der Waals surface area contributed by atoms with E-state index < -0.39 is 23.9 Å². The molecule has 0 unspecified atom stereocenters. The second kappa shape index (κ2) is 10.6. The maximum atomic E-state index is 13.2. The molecule has 0 aliphatic rings. The summed E-state index contributed by atoms with van der Waals surface area (Å²) in [5.74, 6) is -1.23. The van der Waals surface area contributed by atoms with E-state index in [1.807, 2.05) is 30.3 Å². The number of nitrogens with zero attached hydrogens (tertiary/aromatic N) is 1. The van der Waals surface area contributed by atoms with E-state index in [2.05, 4.69) is 15.6 Å². The van der Waals surface area contributed by atoms with Crippen molar-refractivity contribution >= 4 is 28.4 Å². The van der Waals surface area contributed by atoms with Crippen molar-refractivity contribution in [3.63, 3.8) is 0 Å². The first-order valence-corrected chi connectivity index (χ1v) is 10.1. The van der Waals surface area contributed by atoms with Gasteiger partial charge in [0.2, 0.25) is 11.8 Å². The number of halogens is 1. The van der Waals surface area contributed by atoms with Gasteiger partial charge in [0.1, 0.15) is 11.9 Å². The highest BCUT2D eigenvalue weighted by Crippen LogP contribution is 2.17. The number of nitrogens with one attached hydrogen (secondary N) is 2. The van der Waals surface area contributed by atoms with Crippen LogP contribution in [0.15, 0.2) is 60.8 Å². The number of hydrogen-bond donors (Lipinski definition) is 4. The normalized spacial score (nSPS) is 12.9. The first-order chi connectivity index (χ1) is 15.0. The zero-order chi connectivity index (χ0) is 22.2. The Hall–Kier alpha value is -3.36. The van der Waals surface area contributed by atoms with Gasteiger partial charge >= 0.3 is 0 Å². The third-order valence-corrected chi connectivity index (χ3v) is 4.90. The zero-order valence-corrected chi connectivity index (χ0v) is 17.1. The molecule has 0 aliphatic heterocycles. The summed E-state index contributed by atoms with van der Waals surface area (Å²) in [6, 6.07) is 13.5. The van der Waals surface area contributed by atoms with Crippen molar-refractivity contribution < 1.29 is 14.0 Å². The van der Waals surface area contributed by atoms with Crippen LogP contribution in [0.1, 0.15) is 18.4 Å². The average Bonchev–Trinajstić information content (AvgIpc) is 2.78. The van der Waals surface area contributed by atoms with Gasteiger partial charge in [-0.3, -0.25) is 14.6 Å². The molecule has 7 nitrogen and oxygen atoms in total. The molecule has 2 amide bonds. The lowest BCUT2D eigenvalue weighted by molar-refractivity contribution is -0.127. The molecule has 31 heavy (non-hydrogen) atoms. The van der Waals surface area contributed by atoms with Crippen LogP contribution in [0.25, 0.3) is 10.9 Å². The molecule has 0 spiro atoms.